The van der Waals surface area contributed by atoms with Crippen LogP contribution in [0.5, 0.6) is 5.75 Å². The minimum absolute atomic E-state index is 0.0175. The van der Waals surface area contributed by atoms with Crippen LogP contribution in [0, 0.1) is 0 Å². The molecule has 2 rings (SSSR count). The fourth-order valence-electron chi connectivity index (χ4n) is 2.64. The molecule has 21 heavy (non-hydrogen) atoms. The van der Waals surface area contributed by atoms with Crippen LogP contribution in [-0.2, 0) is 4.79 Å². The number of methoxy groups -OCH3 is 1. The second-order valence-electron chi connectivity index (χ2n) is 5.51. The van der Waals surface area contributed by atoms with Gasteiger partial charge in [-0.25, -0.2) is 0 Å². The van der Waals surface area contributed by atoms with Crippen molar-refractivity contribution in [3.63, 3.8) is 0 Å². The van der Waals surface area contributed by atoms with Crippen molar-refractivity contribution in [2.75, 3.05) is 37.8 Å². The molecule has 1 heterocycles. The highest BCUT2D eigenvalue weighted by atomic mass is 16.5. The highest BCUT2D eigenvalue weighted by Crippen LogP contribution is 2.24. The number of likely N-dealkylation sites (tertiary alicyclic amines) is 1. The maximum atomic E-state index is 11.9. The summed E-state index contributed by atoms with van der Waals surface area (Å²) in [5.41, 5.74) is 7.07. The van der Waals surface area contributed by atoms with Crippen LogP contribution in [0.1, 0.15) is 32.1 Å². The molecule has 1 amide bonds. The number of carbonyl (C=O) groups excluding carboxylic acids is 1. The Morgan fingerprint density at radius 2 is 2.10 bits per heavy atom. The minimum atomic E-state index is 0.0175. The van der Waals surface area contributed by atoms with Crippen LogP contribution in [0.25, 0.3) is 0 Å². The molecule has 0 spiro atoms. The molecule has 1 aliphatic rings. The Kier molecular flexibility index (Phi) is 5.87. The molecule has 0 radical (unpaired) electrons. The Balaban J connectivity index is 1.73. The van der Waals surface area contributed by atoms with E-state index in [4.69, 9.17) is 10.5 Å². The van der Waals surface area contributed by atoms with Gasteiger partial charge in [0.15, 0.2) is 0 Å². The van der Waals surface area contributed by atoms with Gasteiger partial charge in [0, 0.05) is 12.5 Å². The minimum Gasteiger partial charge on any atom is -0.497 e. The van der Waals surface area contributed by atoms with Crippen LogP contribution in [0.15, 0.2) is 18.2 Å². The van der Waals surface area contributed by atoms with E-state index in [0.717, 1.165) is 13.0 Å². The molecule has 0 saturated carbocycles. The first-order chi connectivity index (χ1) is 10.2. The average Bonchev–Trinajstić information content (AvgIpc) is 2.50. The summed E-state index contributed by atoms with van der Waals surface area (Å²) < 4.78 is 5.09. The van der Waals surface area contributed by atoms with Crippen molar-refractivity contribution in [3.05, 3.63) is 18.2 Å². The average molecular weight is 291 g/mol. The van der Waals surface area contributed by atoms with E-state index in [9.17, 15) is 4.79 Å². The summed E-state index contributed by atoms with van der Waals surface area (Å²) in [4.78, 5) is 14.4. The van der Waals surface area contributed by atoms with Gasteiger partial charge in [-0.05, 0) is 51.0 Å². The summed E-state index contributed by atoms with van der Waals surface area (Å²) in [5, 5.41) is 2.86. The summed E-state index contributed by atoms with van der Waals surface area (Å²) in [6.07, 6.45) is 5.33. The van der Waals surface area contributed by atoms with Crippen molar-refractivity contribution < 1.29 is 9.53 Å². The Morgan fingerprint density at radius 1 is 1.33 bits per heavy atom. The zero-order valence-corrected chi connectivity index (χ0v) is 12.7. The maximum absolute atomic E-state index is 11.9. The van der Waals surface area contributed by atoms with E-state index in [0.29, 0.717) is 23.5 Å². The van der Waals surface area contributed by atoms with Crippen LogP contribution in [0.4, 0.5) is 11.4 Å². The number of amides is 1. The second kappa shape index (κ2) is 7.88. The summed E-state index contributed by atoms with van der Waals surface area (Å²) in [5.74, 6) is 0.708. The van der Waals surface area contributed by atoms with Crippen molar-refractivity contribution in [1.29, 1.82) is 0 Å². The fraction of sp³-hybridized carbons (Fsp3) is 0.562. The Labute approximate surface area is 126 Å². The number of nitrogens with one attached hydrogen (secondary N) is 1. The highest BCUT2D eigenvalue weighted by Gasteiger charge is 2.11. The van der Waals surface area contributed by atoms with Crippen LogP contribution in [-0.4, -0.2) is 37.6 Å². The number of piperidine rings is 1. The van der Waals surface area contributed by atoms with Crippen LogP contribution in [0.3, 0.4) is 0 Å². The molecule has 1 saturated heterocycles. The summed E-state index contributed by atoms with van der Waals surface area (Å²) in [7, 11) is 1.59. The zero-order chi connectivity index (χ0) is 15.1. The monoisotopic (exact) mass is 291 g/mol. The van der Waals surface area contributed by atoms with E-state index in [2.05, 4.69) is 10.2 Å². The maximum Gasteiger partial charge on any atom is 0.224 e. The number of carbonyl (C=O) groups is 1. The summed E-state index contributed by atoms with van der Waals surface area (Å²) >= 11 is 0. The van der Waals surface area contributed by atoms with Gasteiger partial charge in [0.25, 0.3) is 0 Å². The molecule has 3 N–H and O–H groups in total. The van der Waals surface area contributed by atoms with Gasteiger partial charge in [0.05, 0.1) is 18.5 Å². The first-order valence-electron chi connectivity index (χ1n) is 7.65. The van der Waals surface area contributed by atoms with Crippen molar-refractivity contribution in [2.24, 2.45) is 0 Å². The van der Waals surface area contributed by atoms with E-state index < -0.39 is 0 Å². The quantitative estimate of drug-likeness (QED) is 0.790. The molecule has 1 aliphatic heterocycles. The second-order valence-corrected chi connectivity index (χ2v) is 5.51. The predicted octanol–water partition coefficient (Wildman–Crippen LogP) is 2.48. The number of anilines is 2. The number of hydrogen-bond donors (Lipinski definition) is 2. The lowest BCUT2D eigenvalue weighted by Crippen LogP contribution is -2.31. The van der Waals surface area contributed by atoms with Crippen molar-refractivity contribution in [1.82, 2.24) is 4.90 Å². The number of nitrogens with two attached hydrogens (primary N) is 1. The molecule has 0 bridgehead atoms. The van der Waals surface area contributed by atoms with E-state index >= 15 is 0 Å². The molecule has 0 aromatic heterocycles. The molecule has 1 fully saturated rings. The van der Waals surface area contributed by atoms with E-state index in [1.54, 1.807) is 25.3 Å². The fourth-order valence-corrected chi connectivity index (χ4v) is 2.64. The van der Waals surface area contributed by atoms with Crippen molar-refractivity contribution >= 4 is 17.3 Å². The molecule has 116 valence electrons. The van der Waals surface area contributed by atoms with Gasteiger partial charge < -0.3 is 20.7 Å². The van der Waals surface area contributed by atoms with Gasteiger partial charge in [-0.2, -0.15) is 0 Å². The number of nitrogen functional groups attached to an aromatic ring is 1. The lowest BCUT2D eigenvalue weighted by Gasteiger charge is -2.26. The van der Waals surface area contributed by atoms with E-state index in [1.165, 1.54) is 32.4 Å². The first kappa shape index (κ1) is 15.6. The Morgan fingerprint density at radius 3 is 2.76 bits per heavy atom. The van der Waals surface area contributed by atoms with Crippen LogP contribution < -0.4 is 15.8 Å². The van der Waals surface area contributed by atoms with Crippen LogP contribution >= 0.6 is 0 Å². The lowest BCUT2D eigenvalue weighted by molar-refractivity contribution is -0.116. The SMILES string of the molecule is COc1ccc(NC(=O)CCCN2CCCCC2)c(N)c1. The number of nitrogens with zero attached hydrogens (tertiary/aromatic N) is 1. The first-order valence-corrected chi connectivity index (χ1v) is 7.65. The topological polar surface area (TPSA) is 67.6 Å². The van der Waals surface area contributed by atoms with Gasteiger partial charge in [-0.15, -0.1) is 0 Å². The number of rotatable bonds is 6. The van der Waals surface area contributed by atoms with Crippen molar-refractivity contribution in [3.8, 4) is 5.75 Å². The number of ether oxygens (including phenoxy) is 1. The standard InChI is InChI=1S/C16H25N3O2/c1-21-13-7-8-15(14(17)12-13)18-16(20)6-5-11-19-9-3-2-4-10-19/h7-8,12H,2-6,9-11,17H2,1H3,(H,18,20). The van der Waals surface area contributed by atoms with Gasteiger partial charge in [-0.3, -0.25) is 4.79 Å². The molecule has 0 aliphatic carbocycles. The summed E-state index contributed by atoms with van der Waals surface area (Å²) in [6, 6.07) is 5.28. The van der Waals surface area contributed by atoms with E-state index in [-0.39, 0.29) is 5.91 Å². The van der Waals surface area contributed by atoms with Gasteiger partial charge >= 0.3 is 0 Å². The molecule has 5 heteroatoms. The molecule has 5 nitrogen and oxygen atoms in total. The predicted molar refractivity (Wildman–Crippen MR) is 85.6 cm³/mol. The van der Waals surface area contributed by atoms with Gasteiger partial charge in [0.1, 0.15) is 5.75 Å². The highest BCUT2D eigenvalue weighted by molar-refractivity contribution is 5.93. The third kappa shape index (κ3) is 4.93. The Bertz CT molecular complexity index is 471. The molecular formula is C16H25N3O2. The van der Waals surface area contributed by atoms with Crippen molar-refractivity contribution in [2.45, 2.75) is 32.1 Å². The summed E-state index contributed by atoms with van der Waals surface area (Å²) in [6.45, 7) is 3.35. The molecular weight excluding hydrogens is 266 g/mol. The van der Waals surface area contributed by atoms with E-state index in [1.807, 2.05) is 0 Å². The smallest absolute Gasteiger partial charge is 0.224 e. The van der Waals surface area contributed by atoms with Crippen LogP contribution in [0.2, 0.25) is 0 Å². The van der Waals surface area contributed by atoms with Gasteiger partial charge in [-0.1, -0.05) is 6.42 Å². The molecule has 0 atom stereocenters. The normalized spacial score (nSPS) is 15.7. The molecule has 1 aromatic rings. The molecule has 1 aromatic carbocycles. The number of benzene rings is 1. The number of hydrogen-bond acceptors (Lipinski definition) is 4. The lowest BCUT2D eigenvalue weighted by atomic mass is 10.1. The zero-order valence-electron chi connectivity index (χ0n) is 12.7. The Hall–Kier alpha value is -1.75. The third-order valence-electron chi connectivity index (χ3n) is 3.86. The van der Waals surface area contributed by atoms with Gasteiger partial charge in [0.2, 0.25) is 5.91 Å². The molecule has 0 unspecified atom stereocenters. The third-order valence-corrected chi connectivity index (χ3v) is 3.86. The largest absolute Gasteiger partial charge is 0.497 e.